The summed E-state index contributed by atoms with van der Waals surface area (Å²) < 4.78 is 47.0. The topological polar surface area (TPSA) is 89.0 Å². The molecule has 1 aromatic carbocycles. The van der Waals surface area contributed by atoms with Gasteiger partial charge in [-0.2, -0.15) is 8.78 Å². The Bertz CT molecular complexity index is 1240. The van der Waals surface area contributed by atoms with Crippen LogP contribution in [0.1, 0.15) is 29.9 Å². The first-order chi connectivity index (χ1) is 15.3. The van der Waals surface area contributed by atoms with Crippen molar-refractivity contribution in [1.82, 2.24) is 20.3 Å². The summed E-state index contributed by atoms with van der Waals surface area (Å²) in [7, 11) is -2.58. The van der Waals surface area contributed by atoms with Gasteiger partial charge in [0.05, 0.1) is 23.3 Å². The molecule has 7 nitrogen and oxygen atoms in total. The molecule has 0 spiro atoms. The molecule has 168 valence electrons. The molecule has 32 heavy (non-hydrogen) atoms. The predicted molar refractivity (Wildman–Crippen MR) is 120 cm³/mol. The normalized spacial score (nSPS) is 19.9. The molecule has 0 aliphatic carbocycles. The summed E-state index contributed by atoms with van der Waals surface area (Å²) in [6, 6.07) is 6.24. The van der Waals surface area contributed by atoms with Gasteiger partial charge in [-0.25, -0.2) is 9.97 Å². The van der Waals surface area contributed by atoms with Crippen LogP contribution in [0.2, 0.25) is 0 Å². The van der Waals surface area contributed by atoms with Gasteiger partial charge in [0.15, 0.2) is 6.61 Å². The highest BCUT2D eigenvalue weighted by Gasteiger charge is 2.42. The number of nitrogens with one attached hydrogen (secondary N) is 2. The summed E-state index contributed by atoms with van der Waals surface area (Å²) in [5, 5.41) is 7.28. The first kappa shape index (κ1) is 21.2. The smallest absolute Gasteiger partial charge is 0.310 e. The quantitative estimate of drug-likeness (QED) is 0.577. The molecule has 1 fully saturated rings. The second-order valence-corrected chi connectivity index (χ2v) is 11.5. The Morgan fingerprint density at radius 1 is 1.25 bits per heavy atom. The third-order valence-corrected chi connectivity index (χ3v) is 9.03. The number of fused-ring (bicyclic) bond motifs is 2. The average molecular weight is 459 g/mol. The van der Waals surface area contributed by atoms with Crippen LogP contribution in [0.15, 0.2) is 30.5 Å². The number of halogens is 2. The van der Waals surface area contributed by atoms with Gasteiger partial charge in [-0.1, -0.05) is 12.1 Å². The fourth-order valence-electron chi connectivity index (χ4n) is 4.32. The molecular formula is C22H24F2N5O2P. The molecule has 3 aromatic rings. The maximum absolute atomic E-state index is 14.1. The molecule has 5 rings (SSSR count). The molecule has 0 amide bonds. The Morgan fingerprint density at radius 2 is 2.03 bits per heavy atom. The summed E-state index contributed by atoms with van der Waals surface area (Å²) in [6.07, 6.45) is 2.78. The number of aromatic nitrogens is 3. The summed E-state index contributed by atoms with van der Waals surface area (Å²) in [4.78, 5) is 13.5. The number of alkyl halides is 2. The molecule has 2 aliphatic heterocycles. The Hall–Kier alpha value is -2.64. The molecule has 0 saturated carbocycles. The zero-order valence-corrected chi connectivity index (χ0v) is 18.8. The largest absolute Gasteiger partial charge is 0.486 e. The van der Waals surface area contributed by atoms with E-state index in [0.717, 1.165) is 0 Å². The van der Waals surface area contributed by atoms with Crippen molar-refractivity contribution in [2.75, 3.05) is 37.3 Å². The Labute approximate surface area is 184 Å². The van der Waals surface area contributed by atoms with Crippen LogP contribution in [0.4, 0.5) is 14.6 Å². The lowest BCUT2D eigenvalue weighted by molar-refractivity contribution is -0.0214. The van der Waals surface area contributed by atoms with E-state index in [1.165, 1.54) is 6.07 Å². The fraction of sp³-hybridized carbons (Fsp3) is 0.409. The lowest BCUT2D eigenvalue weighted by Gasteiger charge is -2.23. The van der Waals surface area contributed by atoms with Gasteiger partial charge in [0.1, 0.15) is 30.0 Å². The van der Waals surface area contributed by atoms with E-state index in [2.05, 4.69) is 25.6 Å². The van der Waals surface area contributed by atoms with Gasteiger partial charge in [-0.15, -0.1) is 0 Å². The van der Waals surface area contributed by atoms with E-state index in [1.54, 1.807) is 25.3 Å². The third kappa shape index (κ3) is 3.63. The third-order valence-electron chi connectivity index (χ3n) is 6.05. The number of hydrogen-bond donors (Lipinski definition) is 2. The van der Waals surface area contributed by atoms with E-state index in [9.17, 15) is 13.3 Å². The Morgan fingerprint density at radius 3 is 2.81 bits per heavy atom. The van der Waals surface area contributed by atoms with Gasteiger partial charge in [-0.3, -0.25) is 4.98 Å². The second kappa shape index (κ2) is 7.74. The van der Waals surface area contributed by atoms with Gasteiger partial charge < -0.3 is 19.9 Å². The van der Waals surface area contributed by atoms with E-state index >= 15 is 0 Å². The van der Waals surface area contributed by atoms with Crippen molar-refractivity contribution in [3.8, 4) is 5.75 Å². The summed E-state index contributed by atoms with van der Waals surface area (Å²) >= 11 is 0. The zero-order valence-electron chi connectivity index (χ0n) is 17.9. The lowest BCUT2D eigenvalue weighted by Crippen LogP contribution is -2.33. The van der Waals surface area contributed by atoms with Gasteiger partial charge >= 0.3 is 5.92 Å². The van der Waals surface area contributed by atoms with Gasteiger partial charge in [0.25, 0.3) is 0 Å². The van der Waals surface area contributed by atoms with E-state index in [1.807, 2.05) is 13.0 Å². The molecular weight excluding hydrogens is 435 g/mol. The minimum atomic E-state index is -3.00. The monoisotopic (exact) mass is 459 g/mol. The number of anilines is 1. The van der Waals surface area contributed by atoms with E-state index in [0.29, 0.717) is 59.0 Å². The van der Waals surface area contributed by atoms with Crippen molar-refractivity contribution < 1.29 is 18.1 Å². The summed E-state index contributed by atoms with van der Waals surface area (Å²) in [5.41, 5.74) is 1.75. The number of para-hydroxylation sites is 1. The minimum absolute atomic E-state index is 0.0946. The molecule has 4 heterocycles. The number of rotatable bonds is 4. The van der Waals surface area contributed by atoms with E-state index in [-0.39, 0.29) is 17.4 Å². The highest BCUT2D eigenvalue weighted by molar-refractivity contribution is 7.71. The first-order valence-electron chi connectivity index (χ1n) is 10.6. The van der Waals surface area contributed by atoms with Crippen molar-refractivity contribution in [2.45, 2.75) is 25.8 Å². The fourth-order valence-corrected chi connectivity index (χ4v) is 6.68. The van der Waals surface area contributed by atoms with Crippen LogP contribution in [-0.4, -0.2) is 47.0 Å². The number of ether oxygens (including phenoxy) is 1. The highest BCUT2D eigenvalue weighted by Crippen LogP contribution is 2.46. The molecule has 0 radical (unpaired) electrons. The molecule has 10 heteroatoms. The van der Waals surface area contributed by atoms with Crippen LogP contribution in [0.25, 0.3) is 10.9 Å². The molecule has 2 N–H and O–H groups in total. The van der Waals surface area contributed by atoms with Crippen molar-refractivity contribution in [3.63, 3.8) is 0 Å². The number of pyridine rings is 1. The number of aryl methyl sites for hydroxylation is 1. The van der Waals surface area contributed by atoms with Crippen LogP contribution in [0.5, 0.6) is 5.75 Å². The molecule has 1 saturated heterocycles. The number of benzene rings is 1. The minimum Gasteiger partial charge on any atom is -0.486 e. The van der Waals surface area contributed by atoms with Crippen molar-refractivity contribution in [1.29, 1.82) is 0 Å². The lowest BCUT2D eigenvalue weighted by atomic mass is 10.0. The van der Waals surface area contributed by atoms with Crippen LogP contribution in [0.3, 0.4) is 0 Å². The van der Waals surface area contributed by atoms with Crippen molar-refractivity contribution in [3.05, 3.63) is 47.4 Å². The Kier molecular flexibility index (Phi) is 5.13. The number of hydrogen-bond acceptors (Lipinski definition) is 7. The molecule has 1 atom stereocenters. The standard InChI is InChI=1S/C22H24F2N5O2P/c1-13(15-4-3-5-17-20(15)31-12-22(17,23)24)27-21-16-10-19(32(30)8-6-25-7-9-32)26-11-18(16)28-14(2)29-21/h3-5,10-11,13,25H,6-9,12H2,1-2H3,(H,27,28,29)/t13-/m1/s1. The van der Waals surface area contributed by atoms with Crippen LogP contribution < -0.4 is 20.8 Å². The first-order valence-corrected chi connectivity index (χ1v) is 12.7. The SMILES string of the molecule is Cc1nc(N[C@H](C)c2cccc3c2OCC3(F)F)c2cc(P3(=O)CCNCC3)ncc2n1. The maximum Gasteiger partial charge on any atom is 0.310 e. The van der Waals surface area contributed by atoms with Crippen LogP contribution in [0, 0.1) is 6.92 Å². The van der Waals surface area contributed by atoms with Crippen LogP contribution >= 0.6 is 7.14 Å². The Balaban J connectivity index is 1.54. The molecule has 0 unspecified atom stereocenters. The average Bonchev–Trinajstić information content (AvgIpc) is 3.08. The van der Waals surface area contributed by atoms with Crippen molar-refractivity contribution in [2.24, 2.45) is 0 Å². The summed E-state index contributed by atoms with van der Waals surface area (Å²) in [6.45, 7) is 4.40. The van der Waals surface area contributed by atoms with Gasteiger partial charge in [0, 0.05) is 36.4 Å². The predicted octanol–water partition coefficient (Wildman–Crippen LogP) is 3.58. The maximum atomic E-state index is 14.1. The zero-order chi connectivity index (χ0) is 22.5. The van der Waals surface area contributed by atoms with Crippen molar-refractivity contribution >= 4 is 29.3 Å². The molecule has 2 aromatic heterocycles. The van der Waals surface area contributed by atoms with Gasteiger partial charge in [-0.05, 0) is 26.0 Å². The number of nitrogens with zero attached hydrogens (tertiary/aromatic N) is 3. The van der Waals surface area contributed by atoms with E-state index < -0.39 is 19.7 Å². The molecule has 0 bridgehead atoms. The van der Waals surface area contributed by atoms with Gasteiger partial charge in [0.2, 0.25) is 0 Å². The summed E-state index contributed by atoms with van der Waals surface area (Å²) in [5.74, 6) is -1.68. The van der Waals surface area contributed by atoms with Crippen LogP contribution in [-0.2, 0) is 10.5 Å². The second-order valence-electron chi connectivity index (χ2n) is 8.35. The highest BCUT2D eigenvalue weighted by atomic mass is 31.2. The molecule has 2 aliphatic rings. The van der Waals surface area contributed by atoms with E-state index in [4.69, 9.17) is 4.74 Å².